The lowest BCUT2D eigenvalue weighted by Gasteiger charge is -2.20. The van der Waals surface area contributed by atoms with Crippen LogP contribution >= 0.6 is 0 Å². The molecule has 136 valence electrons. The van der Waals surface area contributed by atoms with Gasteiger partial charge in [0.1, 0.15) is 0 Å². The summed E-state index contributed by atoms with van der Waals surface area (Å²) in [5, 5.41) is 2.88. The first-order valence-electron chi connectivity index (χ1n) is 8.96. The molecule has 0 spiro atoms. The average molecular weight is 370 g/mol. The summed E-state index contributed by atoms with van der Waals surface area (Å²) in [6, 6.07) is 16.2. The van der Waals surface area contributed by atoms with Gasteiger partial charge in [-0.25, -0.2) is 8.42 Å². The minimum Gasteiger partial charge on any atom is -0.341 e. The Bertz CT molecular complexity index is 922. The van der Waals surface area contributed by atoms with Crippen LogP contribution in [-0.4, -0.2) is 32.4 Å². The summed E-state index contributed by atoms with van der Waals surface area (Å²) in [6.07, 6.45) is 1.89. The number of sulfone groups is 1. The van der Waals surface area contributed by atoms with Gasteiger partial charge in [0.15, 0.2) is 9.84 Å². The molecule has 2 heterocycles. The fourth-order valence-electron chi connectivity index (χ4n) is 3.84. The van der Waals surface area contributed by atoms with E-state index in [2.05, 4.69) is 34.5 Å². The third kappa shape index (κ3) is 3.60. The zero-order valence-electron chi connectivity index (χ0n) is 14.5. The summed E-state index contributed by atoms with van der Waals surface area (Å²) in [7, 11) is -2.94. The number of carbonyl (C=O) groups is 1. The first-order valence-corrected chi connectivity index (χ1v) is 10.8. The van der Waals surface area contributed by atoms with Crippen molar-refractivity contribution in [2.24, 2.45) is 5.92 Å². The van der Waals surface area contributed by atoms with E-state index in [0.717, 1.165) is 24.3 Å². The van der Waals surface area contributed by atoms with Crippen LogP contribution in [0, 0.1) is 5.92 Å². The number of fused-ring (bicyclic) bond motifs is 1. The maximum absolute atomic E-state index is 12.2. The molecule has 2 aliphatic heterocycles. The standard InChI is InChI=1S/C20H22N2O3S/c23-20(13-15-10-12-26(24,25)14-15)21-17-5-7-18(8-6-17)22-11-9-16-3-1-2-4-19(16)22/h1-8,15H,9-14H2,(H,21,23). The van der Waals surface area contributed by atoms with Crippen molar-refractivity contribution >= 4 is 32.8 Å². The molecule has 0 aliphatic carbocycles. The molecule has 2 aromatic rings. The second kappa shape index (κ2) is 6.76. The number of nitrogens with one attached hydrogen (secondary N) is 1. The van der Waals surface area contributed by atoms with E-state index in [0.29, 0.717) is 6.42 Å². The van der Waals surface area contributed by atoms with E-state index in [-0.39, 0.29) is 29.8 Å². The number of hydrogen-bond acceptors (Lipinski definition) is 4. The number of benzene rings is 2. The molecule has 0 bridgehead atoms. The number of hydrogen-bond donors (Lipinski definition) is 1. The zero-order valence-corrected chi connectivity index (χ0v) is 15.3. The fourth-order valence-corrected chi connectivity index (χ4v) is 5.70. The van der Waals surface area contributed by atoms with Crippen molar-refractivity contribution in [3.8, 4) is 0 Å². The molecular formula is C20H22N2O3S. The van der Waals surface area contributed by atoms with Crippen LogP contribution < -0.4 is 10.2 Å². The first kappa shape index (κ1) is 17.1. The van der Waals surface area contributed by atoms with Gasteiger partial charge >= 0.3 is 0 Å². The van der Waals surface area contributed by atoms with E-state index in [9.17, 15) is 13.2 Å². The van der Waals surface area contributed by atoms with Crippen LogP contribution in [0.3, 0.4) is 0 Å². The molecule has 2 aliphatic rings. The van der Waals surface area contributed by atoms with Gasteiger partial charge in [-0.2, -0.15) is 0 Å². The van der Waals surface area contributed by atoms with E-state index in [1.807, 2.05) is 24.3 Å². The van der Waals surface area contributed by atoms with Gasteiger partial charge in [-0.15, -0.1) is 0 Å². The molecular weight excluding hydrogens is 348 g/mol. The summed E-state index contributed by atoms with van der Waals surface area (Å²) in [5.74, 6) is 0.164. The third-order valence-electron chi connectivity index (χ3n) is 5.15. The van der Waals surface area contributed by atoms with Crippen LogP contribution in [0.2, 0.25) is 0 Å². The molecule has 0 saturated carbocycles. The SMILES string of the molecule is O=C(CC1CCS(=O)(=O)C1)Nc1ccc(N2CCc3ccccc32)cc1. The number of para-hydroxylation sites is 1. The minimum absolute atomic E-state index is 0.0552. The van der Waals surface area contributed by atoms with Crippen molar-refractivity contribution < 1.29 is 13.2 Å². The van der Waals surface area contributed by atoms with E-state index >= 15 is 0 Å². The number of amides is 1. The highest BCUT2D eigenvalue weighted by molar-refractivity contribution is 7.91. The fraction of sp³-hybridized carbons (Fsp3) is 0.350. The second-order valence-corrected chi connectivity index (χ2v) is 9.33. The van der Waals surface area contributed by atoms with Crippen LogP contribution in [0.25, 0.3) is 0 Å². The number of nitrogens with zero attached hydrogens (tertiary/aromatic N) is 1. The second-order valence-electron chi connectivity index (χ2n) is 7.10. The van der Waals surface area contributed by atoms with Crippen molar-refractivity contribution in [1.29, 1.82) is 0 Å². The van der Waals surface area contributed by atoms with Gasteiger partial charge in [-0.1, -0.05) is 18.2 Å². The molecule has 1 saturated heterocycles. The number of rotatable bonds is 4. The molecule has 1 unspecified atom stereocenters. The number of carbonyl (C=O) groups excluding carboxylic acids is 1. The third-order valence-corrected chi connectivity index (χ3v) is 6.99. The van der Waals surface area contributed by atoms with Crippen molar-refractivity contribution in [2.75, 3.05) is 28.3 Å². The van der Waals surface area contributed by atoms with Crippen molar-refractivity contribution in [3.63, 3.8) is 0 Å². The Morgan fingerprint density at radius 1 is 1.12 bits per heavy atom. The Hall–Kier alpha value is -2.34. The molecule has 6 heteroatoms. The normalized spacial score (nSPS) is 20.8. The highest BCUT2D eigenvalue weighted by Gasteiger charge is 2.29. The first-order chi connectivity index (χ1) is 12.5. The molecule has 1 atom stereocenters. The molecule has 0 radical (unpaired) electrons. The van der Waals surface area contributed by atoms with E-state index in [1.165, 1.54) is 11.3 Å². The monoisotopic (exact) mass is 370 g/mol. The van der Waals surface area contributed by atoms with Crippen LogP contribution in [0.4, 0.5) is 17.1 Å². The Kier molecular flexibility index (Phi) is 4.44. The van der Waals surface area contributed by atoms with E-state index in [1.54, 1.807) is 0 Å². The van der Waals surface area contributed by atoms with E-state index < -0.39 is 9.84 Å². The van der Waals surface area contributed by atoms with Gasteiger partial charge < -0.3 is 10.2 Å². The molecule has 26 heavy (non-hydrogen) atoms. The Labute approximate surface area is 153 Å². The highest BCUT2D eigenvalue weighted by Crippen LogP contribution is 2.34. The smallest absolute Gasteiger partial charge is 0.224 e. The number of anilines is 3. The maximum Gasteiger partial charge on any atom is 0.224 e. The predicted octanol–water partition coefficient (Wildman–Crippen LogP) is 3.14. The average Bonchev–Trinajstić information content (AvgIpc) is 3.18. The van der Waals surface area contributed by atoms with Crippen LogP contribution in [0.15, 0.2) is 48.5 Å². The van der Waals surface area contributed by atoms with E-state index in [4.69, 9.17) is 0 Å². The summed E-state index contributed by atoms with van der Waals surface area (Å²) in [6.45, 7) is 0.960. The Morgan fingerprint density at radius 3 is 2.62 bits per heavy atom. The molecule has 4 rings (SSSR count). The zero-order chi connectivity index (χ0) is 18.1. The molecule has 1 amide bonds. The lowest BCUT2D eigenvalue weighted by atomic mass is 10.1. The molecule has 2 aromatic carbocycles. The lowest BCUT2D eigenvalue weighted by Crippen LogP contribution is -2.17. The molecule has 1 N–H and O–H groups in total. The van der Waals surface area contributed by atoms with Crippen molar-refractivity contribution in [3.05, 3.63) is 54.1 Å². The summed E-state index contributed by atoms with van der Waals surface area (Å²) in [5.41, 5.74) is 4.45. The van der Waals surface area contributed by atoms with Crippen LogP contribution in [0.5, 0.6) is 0 Å². The Balaban J connectivity index is 1.39. The summed E-state index contributed by atoms with van der Waals surface area (Å²) >= 11 is 0. The molecule has 0 aromatic heterocycles. The van der Waals surface area contributed by atoms with Gasteiger partial charge in [0.2, 0.25) is 5.91 Å². The maximum atomic E-state index is 12.2. The van der Waals surface area contributed by atoms with Gasteiger partial charge in [-0.05, 0) is 54.7 Å². The van der Waals surface area contributed by atoms with Crippen LogP contribution in [0.1, 0.15) is 18.4 Å². The van der Waals surface area contributed by atoms with Crippen molar-refractivity contribution in [2.45, 2.75) is 19.3 Å². The summed E-state index contributed by atoms with van der Waals surface area (Å²) in [4.78, 5) is 14.4. The minimum atomic E-state index is -2.94. The molecule has 5 nitrogen and oxygen atoms in total. The van der Waals surface area contributed by atoms with Gasteiger partial charge in [-0.3, -0.25) is 4.79 Å². The van der Waals surface area contributed by atoms with Crippen molar-refractivity contribution in [1.82, 2.24) is 0 Å². The van der Waals surface area contributed by atoms with Crippen LogP contribution in [-0.2, 0) is 21.1 Å². The van der Waals surface area contributed by atoms with Gasteiger partial charge in [0.05, 0.1) is 11.5 Å². The topological polar surface area (TPSA) is 66.5 Å². The van der Waals surface area contributed by atoms with Gasteiger partial charge in [0.25, 0.3) is 0 Å². The quantitative estimate of drug-likeness (QED) is 0.898. The largest absolute Gasteiger partial charge is 0.341 e. The summed E-state index contributed by atoms with van der Waals surface area (Å²) < 4.78 is 23.0. The molecule has 1 fully saturated rings. The highest BCUT2D eigenvalue weighted by atomic mass is 32.2. The lowest BCUT2D eigenvalue weighted by molar-refractivity contribution is -0.116. The Morgan fingerprint density at radius 2 is 1.88 bits per heavy atom. The van der Waals surface area contributed by atoms with Gasteiger partial charge in [0, 0.05) is 30.0 Å². The predicted molar refractivity (Wildman–Crippen MR) is 104 cm³/mol.